The SMILES string of the molecule is Cc1cc(Br)ccc1NC(=O)CSc1ccc(N)c(F)c1. The standard InChI is InChI=1S/C15H14BrFN2OS/c1-9-6-10(16)2-5-14(9)19-15(20)8-21-11-3-4-13(18)12(17)7-11/h2-7H,8,18H2,1H3,(H,19,20). The van der Waals surface area contributed by atoms with Crippen molar-refractivity contribution in [1.82, 2.24) is 0 Å². The van der Waals surface area contributed by atoms with E-state index in [0.717, 1.165) is 15.7 Å². The lowest BCUT2D eigenvalue weighted by atomic mass is 10.2. The summed E-state index contributed by atoms with van der Waals surface area (Å²) in [7, 11) is 0. The van der Waals surface area contributed by atoms with E-state index in [-0.39, 0.29) is 17.3 Å². The number of nitrogens with two attached hydrogens (primary N) is 1. The third-order valence-corrected chi connectivity index (χ3v) is 4.29. The highest BCUT2D eigenvalue weighted by Crippen LogP contribution is 2.23. The maximum atomic E-state index is 13.3. The van der Waals surface area contributed by atoms with Crippen molar-refractivity contribution in [1.29, 1.82) is 0 Å². The van der Waals surface area contributed by atoms with E-state index in [1.807, 2.05) is 25.1 Å². The topological polar surface area (TPSA) is 55.1 Å². The van der Waals surface area contributed by atoms with Crippen LogP contribution in [0.2, 0.25) is 0 Å². The van der Waals surface area contributed by atoms with Crippen molar-refractivity contribution in [2.24, 2.45) is 0 Å². The summed E-state index contributed by atoms with van der Waals surface area (Å²) in [6.45, 7) is 1.92. The third-order valence-electron chi connectivity index (χ3n) is 2.80. The lowest BCUT2D eigenvalue weighted by Gasteiger charge is -2.09. The molecule has 0 bridgehead atoms. The summed E-state index contributed by atoms with van der Waals surface area (Å²) in [5, 5.41) is 2.83. The molecule has 0 heterocycles. The van der Waals surface area contributed by atoms with Crippen LogP contribution in [0.1, 0.15) is 5.56 Å². The second-order valence-corrected chi connectivity index (χ2v) is 6.44. The molecule has 0 fully saturated rings. The minimum Gasteiger partial charge on any atom is -0.396 e. The van der Waals surface area contributed by atoms with Crippen molar-refractivity contribution >= 4 is 45.0 Å². The van der Waals surface area contributed by atoms with Gasteiger partial charge in [0.05, 0.1) is 11.4 Å². The highest BCUT2D eigenvalue weighted by molar-refractivity contribution is 9.10. The maximum Gasteiger partial charge on any atom is 0.234 e. The molecule has 21 heavy (non-hydrogen) atoms. The maximum absolute atomic E-state index is 13.3. The predicted octanol–water partition coefficient (Wildman–Crippen LogP) is 4.21. The molecule has 1 amide bonds. The number of nitrogen functional groups attached to an aromatic ring is 1. The molecule has 0 radical (unpaired) electrons. The smallest absolute Gasteiger partial charge is 0.234 e. The monoisotopic (exact) mass is 368 g/mol. The first-order chi connectivity index (χ1) is 9.95. The van der Waals surface area contributed by atoms with Crippen molar-refractivity contribution in [2.45, 2.75) is 11.8 Å². The van der Waals surface area contributed by atoms with Crippen LogP contribution in [0.3, 0.4) is 0 Å². The number of carbonyl (C=O) groups is 1. The molecule has 0 saturated heterocycles. The van der Waals surface area contributed by atoms with Crippen molar-refractivity contribution < 1.29 is 9.18 Å². The fraction of sp³-hybridized carbons (Fsp3) is 0.133. The van der Waals surface area contributed by atoms with E-state index in [2.05, 4.69) is 21.2 Å². The zero-order valence-electron chi connectivity index (χ0n) is 11.3. The van der Waals surface area contributed by atoms with Crippen LogP contribution >= 0.6 is 27.7 Å². The first-order valence-corrected chi connectivity index (χ1v) is 7.97. The van der Waals surface area contributed by atoms with E-state index < -0.39 is 5.82 Å². The number of benzene rings is 2. The molecule has 0 aromatic heterocycles. The van der Waals surface area contributed by atoms with Crippen molar-refractivity contribution in [3.8, 4) is 0 Å². The number of nitrogens with one attached hydrogen (secondary N) is 1. The minimum absolute atomic E-state index is 0.106. The van der Waals surface area contributed by atoms with Gasteiger partial charge in [-0.2, -0.15) is 0 Å². The molecular weight excluding hydrogens is 355 g/mol. The van der Waals surface area contributed by atoms with E-state index in [4.69, 9.17) is 5.73 Å². The quantitative estimate of drug-likeness (QED) is 0.627. The second kappa shape index (κ2) is 6.95. The van der Waals surface area contributed by atoms with Crippen LogP contribution < -0.4 is 11.1 Å². The largest absolute Gasteiger partial charge is 0.396 e. The second-order valence-electron chi connectivity index (χ2n) is 4.48. The lowest BCUT2D eigenvalue weighted by molar-refractivity contribution is -0.113. The molecule has 0 atom stereocenters. The fourth-order valence-electron chi connectivity index (χ4n) is 1.70. The molecular formula is C15H14BrFN2OS. The van der Waals surface area contributed by atoms with Gasteiger partial charge in [-0.1, -0.05) is 15.9 Å². The van der Waals surface area contributed by atoms with E-state index in [1.54, 1.807) is 6.07 Å². The summed E-state index contributed by atoms with van der Waals surface area (Å²) in [6.07, 6.45) is 0. The van der Waals surface area contributed by atoms with Gasteiger partial charge in [0.25, 0.3) is 0 Å². The summed E-state index contributed by atoms with van der Waals surface area (Å²) < 4.78 is 14.3. The van der Waals surface area contributed by atoms with Gasteiger partial charge in [0.1, 0.15) is 5.82 Å². The van der Waals surface area contributed by atoms with Crippen LogP contribution in [0.15, 0.2) is 45.8 Å². The Hall–Kier alpha value is -1.53. The van der Waals surface area contributed by atoms with Gasteiger partial charge in [-0.05, 0) is 48.9 Å². The fourth-order valence-corrected chi connectivity index (χ4v) is 2.90. The summed E-state index contributed by atoms with van der Waals surface area (Å²) in [5.41, 5.74) is 7.26. The van der Waals surface area contributed by atoms with E-state index >= 15 is 0 Å². The van der Waals surface area contributed by atoms with Gasteiger partial charge in [0.2, 0.25) is 5.91 Å². The first-order valence-electron chi connectivity index (χ1n) is 6.19. The molecule has 0 aliphatic rings. The van der Waals surface area contributed by atoms with Gasteiger partial charge in [0, 0.05) is 15.1 Å². The number of carbonyl (C=O) groups excluding carboxylic acids is 1. The number of aryl methyl sites for hydroxylation is 1. The molecule has 0 saturated carbocycles. The zero-order valence-corrected chi connectivity index (χ0v) is 13.7. The number of halogens is 2. The lowest BCUT2D eigenvalue weighted by Crippen LogP contribution is -2.14. The van der Waals surface area contributed by atoms with E-state index in [1.165, 1.54) is 23.9 Å². The Morgan fingerprint density at radius 2 is 2.10 bits per heavy atom. The summed E-state index contributed by atoms with van der Waals surface area (Å²) in [6, 6.07) is 10.2. The molecule has 2 rings (SSSR count). The average molecular weight is 369 g/mol. The van der Waals surface area contributed by atoms with Crippen LogP contribution in [0.4, 0.5) is 15.8 Å². The van der Waals surface area contributed by atoms with Crippen molar-refractivity contribution in [3.63, 3.8) is 0 Å². The minimum atomic E-state index is -0.468. The van der Waals surface area contributed by atoms with Gasteiger partial charge in [0.15, 0.2) is 0 Å². The molecule has 0 aliphatic heterocycles. The average Bonchev–Trinajstić information content (AvgIpc) is 2.43. The van der Waals surface area contributed by atoms with E-state index in [0.29, 0.717) is 4.90 Å². The predicted molar refractivity (Wildman–Crippen MR) is 89.0 cm³/mol. The number of hydrogen-bond donors (Lipinski definition) is 2. The number of hydrogen-bond acceptors (Lipinski definition) is 3. The molecule has 0 unspecified atom stereocenters. The Balaban J connectivity index is 1.94. The first kappa shape index (κ1) is 15.9. The Bertz CT molecular complexity index is 679. The van der Waals surface area contributed by atoms with Crippen molar-refractivity contribution in [2.75, 3.05) is 16.8 Å². The normalized spacial score (nSPS) is 10.4. The number of anilines is 2. The van der Waals surface area contributed by atoms with Crippen LogP contribution in [0.25, 0.3) is 0 Å². The van der Waals surface area contributed by atoms with Gasteiger partial charge < -0.3 is 11.1 Å². The molecule has 0 spiro atoms. The van der Waals surface area contributed by atoms with Gasteiger partial charge in [-0.15, -0.1) is 11.8 Å². The molecule has 2 aromatic rings. The third kappa shape index (κ3) is 4.47. The zero-order chi connectivity index (χ0) is 15.4. The molecule has 2 aromatic carbocycles. The van der Waals surface area contributed by atoms with Gasteiger partial charge in [-0.3, -0.25) is 4.79 Å². The van der Waals surface area contributed by atoms with Crippen LogP contribution in [0, 0.1) is 12.7 Å². The van der Waals surface area contributed by atoms with Gasteiger partial charge in [-0.25, -0.2) is 4.39 Å². The Morgan fingerprint density at radius 3 is 2.76 bits per heavy atom. The molecule has 110 valence electrons. The highest BCUT2D eigenvalue weighted by Gasteiger charge is 2.07. The van der Waals surface area contributed by atoms with Crippen LogP contribution in [-0.4, -0.2) is 11.7 Å². The highest BCUT2D eigenvalue weighted by atomic mass is 79.9. The number of amides is 1. The molecule has 3 nitrogen and oxygen atoms in total. The number of rotatable bonds is 4. The summed E-state index contributed by atoms with van der Waals surface area (Å²) >= 11 is 4.64. The Labute approximate surface area is 135 Å². The molecule has 6 heteroatoms. The van der Waals surface area contributed by atoms with Gasteiger partial charge >= 0.3 is 0 Å². The molecule has 0 aliphatic carbocycles. The van der Waals surface area contributed by atoms with Crippen molar-refractivity contribution in [3.05, 3.63) is 52.3 Å². The molecule has 3 N–H and O–H groups in total. The van der Waals surface area contributed by atoms with Crippen LogP contribution in [-0.2, 0) is 4.79 Å². The van der Waals surface area contributed by atoms with E-state index in [9.17, 15) is 9.18 Å². The van der Waals surface area contributed by atoms with Crippen LogP contribution in [0.5, 0.6) is 0 Å². The Kier molecular flexibility index (Phi) is 5.25. The number of thioether (sulfide) groups is 1. The Morgan fingerprint density at radius 1 is 1.33 bits per heavy atom. The summed E-state index contributed by atoms with van der Waals surface area (Å²) in [5.74, 6) is -0.398. The summed E-state index contributed by atoms with van der Waals surface area (Å²) in [4.78, 5) is 12.6.